The quantitative estimate of drug-likeness (QED) is 0.0327. The maximum absolute atomic E-state index is 14.5. The topological polar surface area (TPSA) is 426 Å². The number of primary amides is 1. The van der Waals surface area contributed by atoms with E-state index in [2.05, 4.69) is 37.2 Å². The van der Waals surface area contributed by atoms with Crippen LogP contribution in [0.2, 0.25) is 0 Å². The molecule has 2 aliphatic rings. The zero-order valence-corrected chi connectivity index (χ0v) is 49.8. The van der Waals surface area contributed by atoms with Crippen LogP contribution in [0.3, 0.4) is 0 Å². The molecule has 27 heteroatoms. The molecule has 1 aromatic rings. The highest BCUT2D eigenvalue weighted by atomic mass is 16.5. The number of phenols is 1. The van der Waals surface area contributed by atoms with Gasteiger partial charge in [0.2, 0.25) is 59.1 Å². The van der Waals surface area contributed by atoms with Crippen LogP contribution in [0, 0.1) is 17.8 Å². The average Bonchev–Trinajstić information content (AvgIpc) is 3.46. The number of nitrogens with one attached hydrogen (secondary N) is 7. The van der Waals surface area contributed by atoms with Crippen molar-refractivity contribution in [2.24, 2.45) is 35.0 Å². The largest absolute Gasteiger partial charge is 0.508 e. The highest BCUT2D eigenvalue weighted by molar-refractivity contribution is 5.99. The van der Waals surface area contributed by atoms with Crippen molar-refractivity contribution in [3.63, 3.8) is 0 Å². The van der Waals surface area contributed by atoms with E-state index < -0.39 is 145 Å². The van der Waals surface area contributed by atoms with Gasteiger partial charge in [-0.25, -0.2) is 0 Å². The number of esters is 1. The van der Waals surface area contributed by atoms with Gasteiger partial charge < -0.3 is 84.3 Å². The van der Waals surface area contributed by atoms with Crippen molar-refractivity contribution in [2.45, 2.75) is 199 Å². The summed E-state index contributed by atoms with van der Waals surface area (Å²) in [6.45, 7) is 11.1. The molecule has 0 bridgehead atoms. The number of nitrogens with two attached hydrogens (primary N) is 3. The lowest BCUT2D eigenvalue weighted by molar-refractivity contribution is -0.150. The standard InChI is InChI=1S/C57H94N12O15/c1-8-32(4)27-46(74)84-35(7)28-45(73)61-38(15-11-23-58)50(76)64-41(30-70)53(79)63-40(29-36-19-21-37(72)22-20-36)52(78)62-39(16-12-24-59)51(77)65-42(31-71)54(80)66-47(33(5)9-2)57(83)69-26-14-18-44(69)55(81)67-48(34(6)10-3)56(82)68-25-13-17-43(68)49(60)75/h19-22,32-35,38-44,47-48,70-72H,8-18,23-31,58-59H2,1-7H3,(H2,60,75)(H,61,73)(H,62,78)(H,63,79)(H,64,76)(H,65,77)(H,66,80)(H,67,81)/t32?,33?,34?,35?,38-,39-,40+,41+,42-,43+,44+,47-,48?/m1/s1. The summed E-state index contributed by atoms with van der Waals surface area (Å²) in [7, 11) is 0. The third-order valence-electron chi connectivity index (χ3n) is 15.6. The van der Waals surface area contributed by atoms with E-state index in [0.29, 0.717) is 44.2 Å². The number of hydrogen-bond donors (Lipinski definition) is 13. The predicted molar refractivity (Wildman–Crippen MR) is 308 cm³/mol. The van der Waals surface area contributed by atoms with Crippen LogP contribution < -0.4 is 54.4 Å². The Morgan fingerprint density at radius 1 is 0.583 bits per heavy atom. The van der Waals surface area contributed by atoms with E-state index in [-0.39, 0.29) is 88.6 Å². The second kappa shape index (κ2) is 36.0. The summed E-state index contributed by atoms with van der Waals surface area (Å²) < 4.78 is 5.37. The van der Waals surface area contributed by atoms with Crippen LogP contribution in [-0.2, 0) is 63.9 Å². The molecule has 0 spiro atoms. The molecule has 5 unspecified atom stereocenters. The Bertz CT molecular complexity index is 2380. The van der Waals surface area contributed by atoms with Crippen molar-refractivity contribution in [1.29, 1.82) is 0 Å². The Labute approximate surface area is 492 Å². The normalized spacial score (nSPS) is 18.8. The van der Waals surface area contributed by atoms with Gasteiger partial charge in [-0.05, 0) is 107 Å². The third-order valence-corrected chi connectivity index (χ3v) is 15.6. The van der Waals surface area contributed by atoms with Gasteiger partial charge in [-0.3, -0.25) is 52.7 Å². The molecule has 0 aromatic heterocycles. The number of hydrogen-bond acceptors (Lipinski definition) is 17. The first kappa shape index (κ1) is 71.3. The Kier molecular flexibility index (Phi) is 30.6. The van der Waals surface area contributed by atoms with Crippen LogP contribution in [0.15, 0.2) is 24.3 Å². The summed E-state index contributed by atoms with van der Waals surface area (Å²) >= 11 is 0. The number of carbonyl (C=O) groups is 11. The van der Waals surface area contributed by atoms with E-state index in [4.69, 9.17) is 21.9 Å². The fraction of sp³-hybridized carbons (Fsp3) is 0.702. The maximum Gasteiger partial charge on any atom is 0.306 e. The Morgan fingerprint density at radius 3 is 1.51 bits per heavy atom. The molecule has 0 aliphatic carbocycles. The smallest absolute Gasteiger partial charge is 0.306 e. The molecule has 13 atom stereocenters. The third kappa shape index (κ3) is 21.9. The molecule has 84 heavy (non-hydrogen) atoms. The Morgan fingerprint density at radius 2 is 1.02 bits per heavy atom. The minimum atomic E-state index is -1.69. The molecule has 1 aromatic carbocycles. The molecule has 2 heterocycles. The van der Waals surface area contributed by atoms with Crippen molar-refractivity contribution in [1.82, 2.24) is 47.0 Å². The lowest BCUT2D eigenvalue weighted by atomic mass is 9.96. The second-order valence-corrected chi connectivity index (χ2v) is 22.2. The SMILES string of the molecule is CCC(C)CC(=O)OC(C)CC(=O)N[C@H](CCCN)C(=O)N[C@@H](CO)C(=O)N[C@@H](Cc1ccc(O)cc1)C(=O)N[C@H](CCCN)C(=O)N[C@H](CO)C(=O)N[C@@H](C(=O)N1CCC[C@H]1C(=O)NC(C(=O)N1CCC[C@H]1C(N)=O)C(C)CC)C(C)CC. The first-order valence-corrected chi connectivity index (χ1v) is 29.5. The van der Waals surface area contributed by atoms with E-state index >= 15 is 0 Å². The molecule has 0 saturated carbocycles. The van der Waals surface area contributed by atoms with Gasteiger partial charge in [0.25, 0.3) is 0 Å². The van der Waals surface area contributed by atoms with Gasteiger partial charge in [0.05, 0.1) is 19.6 Å². The van der Waals surface area contributed by atoms with E-state index in [0.717, 1.165) is 6.42 Å². The second-order valence-electron chi connectivity index (χ2n) is 22.2. The van der Waals surface area contributed by atoms with Crippen molar-refractivity contribution in [3.8, 4) is 5.75 Å². The number of aromatic hydroxyl groups is 1. The number of likely N-dealkylation sites (tertiary alicyclic amines) is 2. The number of aliphatic hydroxyl groups excluding tert-OH is 2. The van der Waals surface area contributed by atoms with Gasteiger partial charge in [0.15, 0.2) is 0 Å². The molecule has 0 radical (unpaired) electrons. The molecule has 16 N–H and O–H groups in total. The number of benzene rings is 1. The van der Waals surface area contributed by atoms with Gasteiger partial charge in [0, 0.05) is 25.9 Å². The molecule has 3 rings (SSSR count). The lowest BCUT2D eigenvalue weighted by Gasteiger charge is -2.34. The average molecular weight is 1190 g/mol. The van der Waals surface area contributed by atoms with Crippen molar-refractivity contribution in [2.75, 3.05) is 39.4 Å². The molecule has 27 nitrogen and oxygen atoms in total. The van der Waals surface area contributed by atoms with Gasteiger partial charge in [-0.15, -0.1) is 0 Å². The minimum absolute atomic E-state index is 0.0233. The van der Waals surface area contributed by atoms with Crippen LogP contribution in [0.25, 0.3) is 0 Å². The van der Waals surface area contributed by atoms with E-state index in [9.17, 15) is 68.1 Å². The number of ether oxygens (including phenoxy) is 1. The van der Waals surface area contributed by atoms with Crippen LogP contribution in [0.4, 0.5) is 0 Å². The van der Waals surface area contributed by atoms with E-state index in [1.165, 1.54) is 41.0 Å². The van der Waals surface area contributed by atoms with Crippen molar-refractivity contribution < 1.29 is 72.8 Å². The summed E-state index contributed by atoms with van der Waals surface area (Å²) in [5.74, 6) is -9.17. The highest BCUT2D eigenvalue weighted by Crippen LogP contribution is 2.25. The summed E-state index contributed by atoms with van der Waals surface area (Å²) in [5, 5.41) is 49.0. The first-order chi connectivity index (χ1) is 39.9. The van der Waals surface area contributed by atoms with Crippen LogP contribution >= 0.6 is 0 Å². The van der Waals surface area contributed by atoms with E-state index in [1.54, 1.807) is 20.8 Å². The van der Waals surface area contributed by atoms with Crippen LogP contribution in [-0.4, -0.2) is 190 Å². The van der Waals surface area contributed by atoms with Crippen LogP contribution in [0.5, 0.6) is 5.75 Å². The van der Waals surface area contributed by atoms with Gasteiger partial charge >= 0.3 is 5.97 Å². The summed E-state index contributed by atoms with van der Waals surface area (Å²) in [6.07, 6.45) is 2.37. The molecular weight excluding hydrogens is 1090 g/mol. The van der Waals surface area contributed by atoms with Crippen molar-refractivity contribution >= 4 is 65.0 Å². The van der Waals surface area contributed by atoms with Crippen molar-refractivity contribution in [3.05, 3.63) is 29.8 Å². The zero-order valence-electron chi connectivity index (χ0n) is 49.8. The molecule has 10 amide bonds. The summed E-state index contributed by atoms with van der Waals surface area (Å²) in [5.41, 5.74) is 17.5. The number of rotatable bonds is 36. The molecular formula is C57H94N12O15. The number of phenolic OH excluding ortho intramolecular Hbond substituents is 1. The van der Waals surface area contributed by atoms with Gasteiger partial charge in [-0.2, -0.15) is 0 Å². The minimum Gasteiger partial charge on any atom is -0.508 e. The summed E-state index contributed by atoms with van der Waals surface area (Å²) in [6, 6.07) is -6.14. The molecule has 2 saturated heterocycles. The molecule has 2 fully saturated rings. The fourth-order valence-electron chi connectivity index (χ4n) is 9.85. The van der Waals surface area contributed by atoms with Gasteiger partial charge in [0.1, 0.15) is 66.2 Å². The highest BCUT2D eigenvalue weighted by Gasteiger charge is 2.44. The number of aliphatic hydroxyl groups is 2. The molecule has 2 aliphatic heterocycles. The number of amides is 10. The number of nitrogens with zero attached hydrogens (tertiary/aromatic N) is 2. The van der Waals surface area contributed by atoms with Crippen LogP contribution in [0.1, 0.15) is 138 Å². The summed E-state index contributed by atoms with van der Waals surface area (Å²) in [4.78, 5) is 153. The number of carbonyl (C=O) groups excluding carboxylic acids is 11. The first-order valence-electron chi connectivity index (χ1n) is 29.5. The lowest BCUT2D eigenvalue weighted by Crippen LogP contribution is -2.62. The van der Waals surface area contributed by atoms with E-state index in [1.807, 2.05) is 20.8 Å². The maximum atomic E-state index is 14.5. The molecule has 472 valence electrons. The monoisotopic (exact) mass is 1190 g/mol. The fourth-order valence-corrected chi connectivity index (χ4v) is 9.85. The zero-order chi connectivity index (χ0) is 62.8. The Balaban J connectivity index is 1.81. The predicted octanol–water partition coefficient (Wildman–Crippen LogP) is -1.89. The Hall–Kier alpha value is -6.97. The van der Waals surface area contributed by atoms with Gasteiger partial charge in [-0.1, -0.05) is 72.9 Å².